The number of benzene rings is 3. The Balaban J connectivity index is 1.68. The molecule has 0 saturated carbocycles. The van der Waals surface area contributed by atoms with Crippen molar-refractivity contribution in [2.24, 2.45) is 0 Å². The van der Waals surface area contributed by atoms with E-state index in [1.807, 2.05) is 36.4 Å². The Kier molecular flexibility index (Phi) is 5.76. The number of hydrogen-bond donors (Lipinski definition) is 0. The van der Waals surface area contributed by atoms with Gasteiger partial charge in [0.15, 0.2) is 0 Å². The van der Waals surface area contributed by atoms with E-state index in [0.29, 0.717) is 11.4 Å². The van der Waals surface area contributed by atoms with Crippen molar-refractivity contribution < 1.29 is 9.85 Å². The predicted octanol–water partition coefficient (Wildman–Crippen LogP) is 5.79. The number of nitro groups is 2. The van der Waals surface area contributed by atoms with E-state index in [4.69, 9.17) is 0 Å². The average Bonchev–Trinajstić information content (AvgIpc) is 2.81. The molecule has 1 heterocycles. The molecule has 0 aliphatic heterocycles. The lowest BCUT2D eigenvalue weighted by atomic mass is 10.1. The molecule has 0 saturated heterocycles. The Morgan fingerprint density at radius 3 is 1.28 bits per heavy atom. The molecule has 32 heavy (non-hydrogen) atoms. The van der Waals surface area contributed by atoms with Gasteiger partial charge in [0.25, 0.3) is 11.4 Å². The minimum Gasteiger partial charge on any atom is -0.258 e. The normalized spacial score (nSPS) is 11.4. The number of nitrogens with zero attached hydrogens (tertiary/aromatic N) is 4. The zero-order valence-corrected chi connectivity index (χ0v) is 16.7. The van der Waals surface area contributed by atoms with Crippen molar-refractivity contribution in [3.05, 3.63) is 116 Å². The molecule has 0 spiro atoms. The van der Waals surface area contributed by atoms with E-state index in [9.17, 15) is 20.2 Å². The van der Waals surface area contributed by atoms with Gasteiger partial charge in [-0.2, -0.15) is 0 Å². The van der Waals surface area contributed by atoms with E-state index >= 15 is 0 Å². The van der Waals surface area contributed by atoms with Gasteiger partial charge in [-0.15, -0.1) is 0 Å². The van der Waals surface area contributed by atoms with Crippen molar-refractivity contribution in [2.75, 3.05) is 0 Å². The van der Waals surface area contributed by atoms with Crippen LogP contribution in [-0.2, 0) is 0 Å². The van der Waals surface area contributed by atoms with Gasteiger partial charge >= 0.3 is 0 Å². The van der Waals surface area contributed by atoms with E-state index in [2.05, 4.69) is 9.97 Å². The van der Waals surface area contributed by atoms with Gasteiger partial charge in [-0.05, 0) is 59.7 Å². The van der Waals surface area contributed by atoms with Gasteiger partial charge in [0.1, 0.15) is 0 Å². The Bertz CT molecular complexity index is 1260. The molecule has 8 heteroatoms. The van der Waals surface area contributed by atoms with Crippen LogP contribution in [0.25, 0.3) is 35.3 Å². The third kappa shape index (κ3) is 4.71. The maximum atomic E-state index is 10.8. The highest BCUT2D eigenvalue weighted by molar-refractivity contribution is 5.82. The molecule has 0 N–H and O–H groups in total. The van der Waals surface area contributed by atoms with Crippen LogP contribution in [0.1, 0.15) is 22.5 Å². The number of para-hydroxylation sites is 2. The molecule has 8 nitrogen and oxygen atoms in total. The molecular formula is C24H16N4O4. The van der Waals surface area contributed by atoms with Crippen molar-refractivity contribution in [3.8, 4) is 0 Å². The van der Waals surface area contributed by atoms with Crippen molar-refractivity contribution in [3.63, 3.8) is 0 Å². The summed E-state index contributed by atoms with van der Waals surface area (Å²) in [5.41, 5.74) is 4.36. The van der Waals surface area contributed by atoms with Gasteiger partial charge in [-0.1, -0.05) is 24.3 Å². The third-order valence-electron chi connectivity index (χ3n) is 4.70. The lowest BCUT2D eigenvalue weighted by Gasteiger charge is -2.04. The molecule has 1 aromatic heterocycles. The van der Waals surface area contributed by atoms with Crippen molar-refractivity contribution in [2.45, 2.75) is 0 Å². The Hall–Kier alpha value is -4.72. The SMILES string of the molecule is O=[N+]([O-])c1ccc(C=Cc2nc3ccccc3nc2C=Cc2ccc([N+](=O)[O-])cc2)cc1. The molecule has 0 fully saturated rings. The van der Waals surface area contributed by atoms with Crippen molar-refractivity contribution >= 4 is 46.7 Å². The Morgan fingerprint density at radius 1 is 0.562 bits per heavy atom. The highest BCUT2D eigenvalue weighted by Gasteiger charge is 2.06. The van der Waals surface area contributed by atoms with Gasteiger partial charge < -0.3 is 0 Å². The first-order valence-electron chi connectivity index (χ1n) is 9.61. The Labute approximate surface area is 182 Å². The highest BCUT2D eigenvalue weighted by Crippen LogP contribution is 2.20. The summed E-state index contributed by atoms with van der Waals surface area (Å²) in [6, 6.07) is 19.9. The summed E-state index contributed by atoms with van der Waals surface area (Å²) < 4.78 is 0. The minimum absolute atomic E-state index is 0.0272. The molecule has 0 bridgehead atoms. The maximum Gasteiger partial charge on any atom is 0.269 e. The summed E-state index contributed by atoms with van der Waals surface area (Å²) in [6.07, 6.45) is 7.23. The number of rotatable bonds is 6. The largest absolute Gasteiger partial charge is 0.269 e. The quantitative estimate of drug-likeness (QED) is 0.286. The smallest absolute Gasteiger partial charge is 0.258 e. The van der Waals surface area contributed by atoms with Gasteiger partial charge in [-0.25, -0.2) is 9.97 Å². The summed E-state index contributed by atoms with van der Waals surface area (Å²) in [7, 11) is 0. The van der Waals surface area contributed by atoms with Crippen LogP contribution in [0, 0.1) is 20.2 Å². The Morgan fingerprint density at radius 2 is 0.938 bits per heavy atom. The van der Waals surface area contributed by atoms with Crippen LogP contribution in [0.4, 0.5) is 11.4 Å². The zero-order chi connectivity index (χ0) is 22.5. The van der Waals surface area contributed by atoms with Crippen LogP contribution in [0.5, 0.6) is 0 Å². The van der Waals surface area contributed by atoms with Crippen LogP contribution < -0.4 is 0 Å². The number of aromatic nitrogens is 2. The molecule has 0 radical (unpaired) electrons. The zero-order valence-electron chi connectivity index (χ0n) is 16.7. The third-order valence-corrected chi connectivity index (χ3v) is 4.70. The van der Waals surface area contributed by atoms with E-state index in [-0.39, 0.29) is 11.4 Å². The topological polar surface area (TPSA) is 112 Å². The number of nitro benzene ring substituents is 2. The standard InChI is InChI=1S/C24H16N4O4/c29-27(30)19-11-5-17(6-12-19)9-15-23-24(26-22-4-2-1-3-21(22)25-23)16-10-18-7-13-20(14-8-18)28(31)32/h1-16H. The van der Waals surface area contributed by atoms with Crippen LogP contribution in [0.3, 0.4) is 0 Å². The first-order valence-corrected chi connectivity index (χ1v) is 9.61. The van der Waals surface area contributed by atoms with E-state index in [1.165, 1.54) is 24.3 Å². The predicted molar refractivity (Wildman–Crippen MR) is 124 cm³/mol. The molecule has 0 amide bonds. The van der Waals surface area contributed by atoms with E-state index in [0.717, 1.165) is 22.2 Å². The average molecular weight is 424 g/mol. The van der Waals surface area contributed by atoms with Crippen LogP contribution in [0.15, 0.2) is 72.8 Å². The fourth-order valence-corrected chi connectivity index (χ4v) is 3.04. The summed E-state index contributed by atoms with van der Waals surface area (Å²) in [5, 5.41) is 21.7. The first-order chi connectivity index (χ1) is 15.5. The van der Waals surface area contributed by atoms with E-state index < -0.39 is 9.85 Å². The number of hydrogen-bond acceptors (Lipinski definition) is 6. The molecule has 0 unspecified atom stereocenters. The highest BCUT2D eigenvalue weighted by atomic mass is 16.6. The minimum atomic E-state index is -0.441. The van der Waals surface area contributed by atoms with Gasteiger partial charge in [0, 0.05) is 24.3 Å². The summed E-state index contributed by atoms with van der Waals surface area (Å²) >= 11 is 0. The van der Waals surface area contributed by atoms with Crippen LogP contribution >= 0.6 is 0 Å². The fourth-order valence-electron chi connectivity index (χ4n) is 3.04. The van der Waals surface area contributed by atoms with Crippen molar-refractivity contribution in [1.82, 2.24) is 9.97 Å². The van der Waals surface area contributed by atoms with Crippen molar-refractivity contribution in [1.29, 1.82) is 0 Å². The molecule has 3 aromatic carbocycles. The number of fused-ring (bicyclic) bond motifs is 1. The second kappa shape index (κ2) is 8.97. The number of non-ortho nitro benzene ring substituents is 2. The lowest BCUT2D eigenvalue weighted by molar-refractivity contribution is -0.385. The maximum absolute atomic E-state index is 10.8. The van der Waals surface area contributed by atoms with Crippen LogP contribution in [0.2, 0.25) is 0 Å². The van der Waals surface area contributed by atoms with E-state index in [1.54, 1.807) is 36.4 Å². The second-order valence-corrected chi connectivity index (χ2v) is 6.85. The molecule has 0 aliphatic rings. The molecule has 0 atom stereocenters. The van der Waals surface area contributed by atoms with Crippen LogP contribution in [-0.4, -0.2) is 19.8 Å². The molecular weight excluding hydrogens is 408 g/mol. The molecule has 4 rings (SSSR count). The molecule has 0 aliphatic carbocycles. The molecule has 4 aromatic rings. The first kappa shape index (κ1) is 20.5. The summed E-state index contributed by atoms with van der Waals surface area (Å²) in [4.78, 5) is 30.2. The molecule has 156 valence electrons. The fraction of sp³-hybridized carbons (Fsp3) is 0. The summed E-state index contributed by atoms with van der Waals surface area (Å²) in [6.45, 7) is 0. The van der Waals surface area contributed by atoms with Gasteiger partial charge in [0.2, 0.25) is 0 Å². The van der Waals surface area contributed by atoms with Gasteiger partial charge in [-0.3, -0.25) is 20.2 Å². The lowest BCUT2D eigenvalue weighted by Crippen LogP contribution is -1.94. The summed E-state index contributed by atoms with van der Waals surface area (Å²) in [5.74, 6) is 0. The second-order valence-electron chi connectivity index (χ2n) is 6.85. The van der Waals surface area contributed by atoms with Gasteiger partial charge in [0.05, 0.1) is 32.3 Å². The monoisotopic (exact) mass is 424 g/mol.